The van der Waals surface area contributed by atoms with Crippen LogP contribution in [0.15, 0.2) is 55.4 Å². The maximum Gasteiger partial charge on any atom is 0.166 e. The number of aryl methyl sites for hydroxylation is 1. The van der Waals surface area contributed by atoms with Gasteiger partial charge >= 0.3 is 0 Å². The fraction of sp³-hybridized carbons (Fsp3) is 0.160. The first-order valence-corrected chi connectivity index (χ1v) is 11.9. The third-order valence-electron chi connectivity index (χ3n) is 5.79. The van der Waals surface area contributed by atoms with Gasteiger partial charge in [-0.3, -0.25) is 0 Å². The van der Waals surface area contributed by atoms with Crippen LogP contribution >= 0.6 is 20.7 Å². The Morgan fingerprint density at radius 1 is 1.00 bits per heavy atom. The lowest BCUT2D eigenvalue weighted by Crippen LogP contribution is -2.12. The zero-order valence-corrected chi connectivity index (χ0v) is 17.9. The molecule has 1 unspecified atom stereocenters. The van der Waals surface area contributed by atoms with Crippen LogP contribution in [0.3, 0.4) is 0 Å². The van der Waals surface area contributed by atoms with Crippen LogP contribution in [0.1, 0.15) is 29.4 Å². The van der Waals surface area contributed by atoms with Crippen molar-refractivity contribution in [2.24, 2.45) is 5.92 Å². The number of hydrogen-bond acceptors (Lipinski definition) is 2. The van der Waals surface area contributed by atoms with Gasteiger partial charge in [0.1, 0.15) is 16.9 Å². The standard InChI is InChI=1S/C25H19IO2/c1-14-5-7-22-19(10-14)20-12-16(6-8-23(20)27-22)18-13-21-17-4-3-9-26-25(17)28-24(21)11-15(18)2/h3-10,12-13,15H,11H2,1-2H3. The molecule has 1 aliphatic heterocycles. The van der Waals surface area contributed by atoms with Crippen molar-refractivity contribution in [1.29, 1.82) is 0 Å². The van der Waals surface area contributed by atoms with Gasteiger partial charge in [0.25, 0.3) is 0 Å². The van der Waals surface area contributed by atoms with Crippen molar-refractivity contribution in [2.75, 3.05) is 0 Å². The minimum absolute atomic E-state index is 0.131. The van der Waals surface area contributed by atoms with Gasteiger partial charge in [-0.25, -0.2) is 0 Å². The molecule has 0 saturated heterocycles. The van der Waals surface area contributed by atoms with Gasteiger partial charge in [0.2, 0.25) is 0 Å². The molecule has 0 N–H and O–H groups in total. The predicted molar refractivity (Wildman–Crippen MR) is 124 cm³/mol. The van der Waals surface area contributed by atoms with Crippen LogP contribution in [0.5, 0.6) is 0 Å². The first-order chi connectivity index (χ1) is 13.7. The molecule has 3 heteroatoms. The summed E-state index contributed by atoms with van der Waals surface area (Å²) in [6, 6.07) is 13.0. The quantitative estimate of drug-likeness (QED) is 0.283. The molecule has 1 aliphatic carbocycles. The van der Waals surface area contributed by atoms with E-state index in [2.05, 4.69) is 72.6 Å². The number of fused-ring (bicyclic) bond motifs is 6. The molecule has 0 saturated carbocycles. The summed E-state index contributed by atoms with van der Waals surface area (Å²) in [6.45, 7) is 4.43. The fourth-order valence-electron chi connectivity index (χ4n) is 4.37. The highest BCUT2D eigenvalue weighted by atomic mass is 127. The summed E-state index contributed by atoms with van der Waals surface area (Å²) in [7, 11) is 0. The molecule has 2 nitrogen and oxygen atoms in total. The van der Waals surface area contributed by atoms with Crippen molar-refractivity contribution in [2.45, 2.75) is 20.3 Å². The maximum atomic E-state index is 6.22. The van der Waals surface area contributed by atoms with E-state index in [4.69, 9.17) is 8.83 Å². The summed E-state index contributed by atoms with van der Waals surface area (Å²) in [6.07, 6.45) is 7.72. The first kappa shape index (κ1) is 16.5. The van der Waals surface area contributed by atoms with E-state index < -0.39 is 0 Å². The highest BCUT2D eigenvalue weighted by Crippen LogP contribution is 2.38. The minimum atomic E-state index is -0.131. The Morgan fingerprint density at radius 3 is 2.71 bits per heavy atom. The van der Waals surface area contributed by atoms with Crippen LogP contribution < -0.4 is 5.22 Å². The molecule has 28 heavy (non-hydrogen) atoms. The van der Waals surface area contributed by atoms with Gasteiger partial charge in [-0.2, -0.15) is 0 Å². The van der Waals surface area contributed by atoms with Crippen molar-refractivity contribution >= 4 is 60.4 Å². The summed E-state index contributed by atoms with van der Waals surface area (Å²) in [5.41, 5.74) is 7.14. The van der Waals surface area contributed by atoms with Crippen molar-refractivity contribution < 1.29 is 8.83 Å². The molecule has 2 aromatic carbocycles. The summed E-state index contributed by atoms with van der Waals surface area (Å²) < 4.78 is 15.7. The molecule has 4 aromatic rings. The zero-order chi connectivity index (χ0) is 18.8. The molecule has 6 rings (SSSR count). The highest BCUT2D eigenvalue weighted by Gasteiger charge is 2.24. The van der Waals surface area contributed by atoms with Crippen molar-refractivity contribution in [3.05, 3.63) is 77.6 Å². The number of rotatable bonds is 1. The Kier molecular flexibility index (Phi) is 3.57. The maximum absolute atomic E-state index is 6.22. The highest BCUT2D eigenvalue weighted by molar-refractivity contribution is 14.2. The summed E-state index contributed by atoms with van der Waals surface area (Å²) in [5, 5.41) is 3.70. The predicted octanol–water partition coefficient (Wildman–Crippen LogP) is 6.75. The van der Waals surface area contributed by atoms with Crippen molar-refractivity contribution in [1.82, 2.24) is 0 Å². The molecule has 0 fully saturated rings. The zero-order valence-electron chi connectivity index (χ0n) is 15.8. The Bertz CT molecular complexity index is 1460. The lowest BCUT2D eigenvalue weighted by Gasteiger charge is -2.20. The summed E-state index contributed by atoms with van der Waals surface area (Å²) in [4.78, 5) is 0. The first-order valence-electron chi connectivity index (χ1n) is 9.61. The van der Waals surface area contributed by atoms with E-state index in [1.807, 2.05) is 0 Å². The van der Waals surface area contributed by atoms with E-state index in [9.17, 15) is 0 Å². The van der Waals surface area contributed by atoms with Gasteiger partial charge in [0.15, 0.2) is 3.35 Å². The minimum Gasteiger partial charge on any atom is -0.456 e. The van der Waals surface area contributed by atoms with Crippen LogP contribution in [0.4, 0.5) is 0 Å². The number of allylic oxidation sites excluding steroid dienone is 2. The van der Waals surface area contributed by atoms with Crippen LogP contribution in [0.2, 0.25) is 0 Å². The SMILES string of the molecule is Cc1ccc2oc3ccc(C4=Cc5c(oc6c5=CC=CI=6)CC4C)cc3c2c1. The molecule has 1 atom stereocenters. The Balaban J connectivity index is 1.58. The monoisotopic (exact) mass is 478 g/mol. The van der Waals surface area contributed by atoms with E-state index >= 15 is 0 Å². The lowest BCUT2D eigenvalue weighted by molar-refractivity contribution is 0.476. The Morgan fingerprint density at radius 2 is 1.82 bits per heavy atom. The molecule has 3 heterocycles. The summed E-state index contributed by atoms with van der Waals surface area (Å²) >= 11 is -0.131. The summed E-state index contributed by atoms with van der Waals surface area (Å²) in [5.74, 6) is 1.59. The third kappa shape index (κ3) is 2.42. The third-order valence-corrected chi connectivity index (χ3v) is 7.94. The number of benzene rings is 2. The van der Waals surface area contributed by atoms with Gasteiger partial charge < -0.3 is 8.83 Å². The molecule has 0 amide bonds. The van der Waals surface area contributed by atoms with E-state index in [0.717, 1.165) is 23.3 Å². The Labute approximate surface area is 172 Å². The topological polar surface area (TPSA) is 26.3 Å². The molecule has 138 valence electrons. The fourth-order valence-corrected chi connectivity index (χ4v) is 6.31. The van der Waals surface area contributed by atoms with Gasteiger partial charge in [-0.05, 0) is 85.2 Å². The van der Waals surface area contributed by atoms with E-state index in [0.29, 0.717) is 5.92 Å². The smallest absolute Gasteiger partial charge is 0.166 e. The van der Waals surface area contributed by atoms with Crippen molar-refractivity contribution in [3.63, 3.8) is 0 Å². The average molecular weight is 478 g/mol. The molecule has 0 radical (unpaired) electrons. The number of hydrogen-bond donors (Lipinski definition) is 0. The molecular formula is C25H19IO2. The normalized spacial score (nSPS) is 18.1. The number of furan rings is 2. The van der Waals surface area contributed by atoms with E-state index in [1.54, 1.807) is 0 Å². The Hall–Kier alpha value is -2.40. The van der Waals surface area contributed by atoms with Gasteiger partial charge in [-0.1, -0.05) is 30.7 Å². The van der Waals surface area contributed by atoms with Gasteiger partial charge in [0.05, 0.1) is 0 Å². The van der Waals surface area contributed by atoms with Crippen molar-refractivity contribution in [3.8, 4) is 0 Å². The van der Waals surface area contributed by atoms with E-state index in [-0.39, 0.29) is 20.7 Å². The van der Waals surface area contributed by atoms with Crippen LogP contribution in [0.25, 0.3) is 39.7 Å². The second-order valence-electron chi connectivity index (χ2n) is 7.74. The molecular weight excluding hydrogens is 459 g/mol. The second-order valence-corrected chi connectivity index (χ2v) is 10.1. The molecule has 0 spiro atoms. The average Bonchev–Trinajstić information content (AvgIpc) is 3.24. The van der Waals surface area contributed by atoms with E-state index in [1.165, 1.54) is 41.6 Å². The van der Waals surface area contributed by atoms with Crippen LogP contribution in [-0.4, -0.2) is 0 Å². The van der Waals surface area contributed by atoms with Gasteiger partial charge in [0, 0.05) is 28.0 Å². The van der Waals surface area contributed by atoms with Crippen LogP contribution in [0, 0.1) is 16.2 Å². The largest absolute Gasteiger partial charge is 0.456 e. The molecule has 0 bridgehead atoms. The molecule has 2 aromatic heterocycles. The van der Waals surface area contributed by atoms with Crippen LogP contribution in [-0.2, 0) is 6.42 Å². The van der Waals surface area contributed by atoms with Gasteiger partial charge in [-0.15, -0.1) is 0 Å². The lowest BCUT2D eigenvalue weighted by atomic mass is 9.84. The number of halogens is 1. The molecule has 2 aliphatic rings. The second kappa shape index (κ2) is 6.05.